The molecule has 332 valence electrons. The number of imide groups is 1. The van der Waals surface area contributed by atoms with Crippen LogP contribution in [0.15, 0.2) is 47.7 Å². The molecule has 0 bridgehead atoms. The molecule has 2 aliphatic heterocycles. The monoisotopic (exact) mass is 865 g/mol. The molecule has 1 aromatic carbocycles. The zero-order chi connectivity index (χ0) is 43.8. The number of imidazole rings is 1. The van der Waals surface area contributed by atoms with Crippen LogP contribution >= 0.6 is 0 Å². The van der Waals surface area contributed by atoms with Crippen LogP contribution in [0.5, 0.6) is 0 Å². The number of para-hydroxylation sites is 1. The van der Waals surface area contributed by atoms with Gasteiger partial charge in [-0.25, -0.2) is 23.1 Å². The number of nitrogens with one attached hydrogen (secondary N) is 2. The largest absolute Gasteiger partial charge is 0.379 e. The average molecular weight is 866 g/mol. The van der Waals surface area contributed by atoms with E-state index < -0.39 is 30.0 Å². The van der Waals surface area contributed by atoms with Crippen molar-refractivity contribution in [2.75, 3.05) is 89.3 Å². The van der Waals surface area contributed by atoms with Gasteiger partial charge in [-0.05, 0) is 37.0 Å². The summed E-state index contributed by atoms with van der Waals surface area (Å²) in [5.41, 5.74) is 1.84. The predicted octanol–water partition coefficient (Wildman–Crippen LogP) is 1.63. The first kappa shape index (κ1) is 44.0. The Bertz CT molecular complexity index is 2460. The van der Waals surface area contributed by atoms with Crippen LogP contribution < -0.4 is 21.2 Å². The van der Waals surface area contributed by atoms with E-state index in [9.17, 15) is 32.8 Å². The van der Waals surface area contributed by atoms with Crippen molar-refractivity contribution in [1.29, 1.82) is 0 Å². The maximum atomic E-state index is 13.4. The summed E-state index contributed by atoms with van der Waals surface area (Å²) in [6.07, 6.45) is 3.28. The number of hydrogen-bond donors (Lipinski definition) is 2. The van der Waals surface area contributed by atoms with Crippen molar-refractivity contribution in [3.05, 3.63) is 70.2 Å². The number of alkyl halides is 2. The Balaban J connectivity index is 0.729. The highest BCUT2D eigenvalue weighted by Gasteiger charge is 2.32. The lowest BCUT2D eigenvalue weighted by Crippen LogP contribution is -2.50. The van der Waals surface area contributed by atoms with Crippen LogP contribution in [0.3, 0.4) is 0 Å². The summed E-state index contributed by atoms with van der Waals surface area (Å²) in [5.74, 6) is -0.997. The van der Waals surface area contributed by atoms with Gasteiger partial charge in [0.05, 0.1) is 62.6 Å². The van der Waals surface area contributed by atoms with Crippen LogP contribution in [-0.4, -0.2) is 141 Å². The lowest BCUT2D eigenvalue weighted by atomic mass is 10.0. The minimum Gasteiger partial charge on any atom is -0.379 e. The number of aryl methyl sites for hydroxylation is 3. The Morgan fingerprint density at radius 2 is 1.65 bits per heavy atom. The summed E-state index contributed by atoms with van der Waals surface area (Å²) in [6, 6.07) is 6.68. The third-order valence-corrected chi connectivity index (χ3v) is 10.7. The van der Waals surface area contributed by atoms with E-state index in [1.54, 1.807) is 28.8 Å². The van der Waals surface area contributed by atoms with E-state index in [0.717, 1.165) is 17.5 Å². The van der Waals surface area contributed by atoms with E-state index in [2.05, 4.69) is 25.8 Å². The molecule has 2 aliphatic rings. The Kier molecular flexibility index (Phi) is 14.3. The second-order valence-corrected chi connectivity index (χ2v) is 14.8. The predicted molar refractivity (Wildman–Crippen MR) is 218 cm³/mol. The van der Waals surface area contributed by atoms with Gasteiger partial charge in [-0.15, -0.1) is 0 Å². The zero-order valence-corrected chi connectivity index (χ0v) is 34.5. The second kappa shape index (κ2) is 20.2. The molecule has 62 heavy (non-hydrogen) atoms. The molecule has 2 saturated heterocycles. The number of nitrogens with zero attached hydrogens (tertiary/aromatic N) is 9. The third kappa shape index (κ3) is 10.2. The van der Waals surface area contributed by atoms with E-state index in [1.807, 2.05) is 23.1 Å². The maximum Gasteiger partial charge on any atom is 0.329 e. The van der Waals surface area contributed by atoms with Gasteiger partial charge in [0.25, 0.3) is 12.3 Å². The van der Waals surface area contributed by atoms with Crippen molar-refractivity contribution in [3.63, 3.8) is 0 Å². The van der Waals surface area contributed by atoms with Gasteiger partial charge in [0, 0.05) is 65.7 Å². The van der Waals surface area contributed by atoms with E-state index in [4.69, 9.17) is 18.9 Å². The van der Waals surface area contributed by atoms with Crippen molar-refractivity contribution < 1.29 is 46.9 Å². The molecule has 22 heteroatoms. The van der Waals surface area contributed by atoms with Crippen molar-refractivity contribution in [3.8, 4) is 0 Å². The molecule has 1 unspecified atom stereocenters. The molecule has 2 N–H and O–H groups in total. The molecule has 0 aliphatic carbocycles. The number of amides is 4. The van der Waals surface area contributed by atoms with Gasteiger partial charge in [0.2, 0.25) is 17.7 Å². The van der Waals surface area contributed by atoms with Gasteiger partial charge in [0.15, 0.2) is 11.3 Å². The van der Waals surface area contributed by atoms with E-state index in [-0.39, 0.29) is 60.5 Å². The first-order valence-electron chi connectivity index (χ1n) is 20.3. The Morgan fingerprint density at radius 1 is 0.935 bits per heavy atom. The number of hydrogen-bond acceptors (Lipinski definition) is 13. The summed E-state index contributed by atoms with van der Waals surface area (Å²) in [4.78, 5) is 71.4. The highest BCUT2D eigenvalue weighted by atomic mass is 19.3. The van der Waals surface area contributed by atoms with Crippen molar-refractivity contribution in [1.82, 2.24) is 43.7 Å². The number of benzene rings is 1. The van der Waals surface area contributed by atoms with E-state index in [0.29, 0.717) is 83.6 Å². The fourth-order valence-corrected chi connectivity index (χ4v) is 7.56. The second-order valence-electron chi connectivity index (χ2n) is 14.8. The normalized spacial score (nSPS) is 15.9. The average Bonchev–Trinajstić information content (AvgIpc) is 3.93. The molecule has 20 nitrogen and oxygen atoms in total. The van der Waals surface area contributed by atoms with Gasteiger partial charge in [-0.2, -0.15) is 10.2 Å². The van der Waals surface area contributed by atoms with E-state index >= 15 is 0 Å². The number of carbonyl (C=O) groups is 4. The highest BCUT2D eigenvalue weighted by molar-refractivity contribution is 6.08. The van der Waals surface area contributed by atoms with Crippen molar-refractivity contribution in [2.45, 2.75) is 38.2 Å². The number of ether oxygens (including phenoxy) is 4. The van der Waals surface area contributed by atoms with Gasteiger partial charge in [-0.1, -0.05) is 12.1 Å². The van der Waals surface area contributed by atoms with Gasteiger partial charge >= 0.3 is 5.69 Å². The number of piperazine rings is 1. The molecule has 2 fully saturated rings. The molecule has 0 saturated carbocycles. The van der Waals surface area contributed by atoms with Gasteiger partial charge in [-0.3, -0.25) is 38.3 Å². The smallest absolute Gasteiger partial charge is 0.329 e. The van der Waals surface area contributed by atoms with Gasteiger partial charge < -0.3 is 34.1 Å². The Morgan fingerprint density at radius 3 is 2.35 bits per heavy atom. The number of rotatable bonds is 20. The molecule has 4 aromatic heterocycles. The summed E-state index contributed by atoms with van der Waals surface area (Å²) in [7, 11) is 3.17. The molecule has 0 spiro atoms. The fraction of sp³-hybridized carbons (Fsp3) is 0.500. The fourth-order valence-electron chi connectivity index (χ4n) is 7.56. The van der Waals surface area contributed by atoms with Gasteiger partial charge in [0.1, 0.15) is 24.0 Å². The summed E-state index contributed by atoms with van der Waals surface area (Å²) in [6.45, 7) is 4.37. The van der Waals surface area contributed by atoms with Crippen LogP contribution in [0, 0.1) is 0 Å². The summed E-state index contributed by atoms with van der Waals surface area (Å²) < 4.78 is 54.9. The molecule has 7 rings (SSSR count). The van der Waals surface area contributed by atoms with E-state index in [1.165, 1.54) is 33.2 Å². The van der Waals surface area contributed by atoms with Crippen molar-refractivity contribution in [2.24, 2.45) is 14.1 Å². The topological polar surface area (TPSA) is 211 Å². The Hall–Kier alpha value is -6.10. The first-order valence-corrected chi connectivity index (χ1v) is 20.3. The third-order valence-electron chi connectivity index (χ3n) is 10.7. The molecule has 4 amide bonds. The zero-order valence-electron chi connectivity index (χ0n) is 34.5. The maximum absolute atomic E-state index is 13.4. The highest BCUT2D eigenvalue weighted by Crippen LogP contribution is 2.27. The van der Waals surface area contributed by atoms with Crippen LogP contribution in [0.25, 0.3) is 16.7 Å². The van der Waals surface area contributed by atoms with Crippen molar-refractivity contribution >= 4 is 51.8 Å². The number of anilines is 2. The van der Waals surface area contributed by atoms with Crippen LogP contribution in [0.2, 0.25) is 0 Å². The van der Waals surface area contributed by atoms with Crippen LogP contribution in [0.1, 0.15) is 53.3 Å². The molecular formula is C40H49F2N11O9. The number of fused-ring (bicyclic) bond motifs is 2. The first-order chi connectivity index (χ1) is 30.0. The minimum absolute atomic E-state index is 0.0811. The number of piperidine rings is 1. The SMILES string of the molecule is Cn1cc(NC(=O)c2cnn3ccc(N4CCN(C(=O)COCCOCCOCCOCCCc5cccc6c5n(C)c(=O)n6C5CCC(=O)NC5=O)CC4)nc23)c(C(F)F)n1. The lowest BCUT2D eigenvalue weighted by molar-refractivity contribution is -0.137. The quantitative estimate of drug-likeness (QED) is 0.0843. The standard InChI is InChI=1S/C40H49F2N11O9/c1-48-24-28(34(47-48)36(41)42)44-38(56)27-23-43-52-11-10-31(45-37(27)52)50-12-14-51(15-13-50)33(55)25-62-22-21-61-20-19-60-18-17-59-16-4-6-26-5-3-7-29-35(26)49(2)40(58)53(29)30-8-9-32(54)46-39(30)57/h3,5,7,10-11,23-24,30,36H,4,6,8-9,12-22,25H2,1-2H3,(H,44,56)(H,46,54,57). The minimum atomic E-state index is -2.86. The molecule has 5 aromatic rings. The number of carbonyl (C=O) groups excluding carboxylic acids is 4. The number of aromatic nitrogens is 7. The Labute approximate surface area is 353 Å². The van der Waals surface area contributed by atoms with Crippen LogP contribution in [-0.2, 0) is 53.8 Å². The van der Waals surface area contributed by atoms with Crippen LogP contribution in [0.4, 0.5) is 20.3 Å². The summed E-state index contributed by atoms with van der Waals surface area (Å²) >= 11 is 0. The molecule has 6 heterocycles. The molecule has 0 radical (unpaired) electrons. The lowest BCUT2D eigenvalue weighted by Gasteiger charge is -2.35. The molecular weight excluding hydrogens is 817 g/mol. The summed E-state index contributed by atoms with van der Waals surface area (Å²) in [5, 5.41) is 12.7. The molecule has 1 atom stereocenters. The number of halogens is 2.